The highest BCUT2D eigenvalue weighted by Gasteiger charge is 2.20. The zero-order chi connectivity index (χ0) is 17.8. The lowest BCUT2D eigenvalue weighted by Crippen LogP contribution is -2.53. The van der Waals surface area contributed by atoms with Gasteiger partial charge in [-0.25, -0.2) is 0 Å². The van der Waals surface area contributed by atoms with Crippen LogP contribution < -0.4 is 5.32 Å². The van der Waals surface area contributed by atoms with Crippen molar-refractivity contribution in [3.63, 3.8) is 0 Å². The van der Waals surface area contributed by atoms with Crippen LogP contribution in [0.1, 0.15) is 39.5 Å². The fraction of sp³-hybridized carbons (Fsp3) is 0.842. The third-order valence-electron chi connectivity index (χ3n) is 5.01. The zero-order valence-electron chi connectivity index (χ0n) is 16.8. The van der Waals surface area contributed by atoms with Crippen LogP contribution in [-0.4, -0.2) is 86.6 Å². The second-order valence-corrected chi connectivity index (χ2v) is 6.81. The molecule has 6 heteroatoms. The first-order chi connectivity index (χ1) is 11.6. The maximum absolute atomic E-state index is 4.43. The second-order valence-electron chi connectivity index (χ2n) is 6.81. The number of unbranched alkanes of at least 4 members (excludes halogenated alkanes) is 3. The Kier molecular flexibility index (Phi) is 14.6. The molecule has 1 atom stereocenters. The first-order valence-corrected chi connectivity index (χ1v) is 9.61. The van der Waals surface area contributed by atoms with Crippen LogP contribution >= 0.6 is 24.0 Å². The number of nitrogens with one attached hydrogen (secondary N) is 1. The van der Waals surface area contributed by atoms with Crippen LogP contribution in [0.3, 0.4) is 0 Å². The van der Waals surface area contributed by atoms with Gasteiger partial charge in [0.15, 0.2) is 5.96 Å². The predicted molar refractivity (Wildman–Crippen MR) is 121 cm³/mol. The molecule has 5 nitrogen and oxygen atoms in total. The Morgan fingerprint density at radius 1 is 1.24 bits per heavy atom. The predicted octanol–water partition coefficient (Wildman–Crippen LogP) is 2.88. The topological polar surface area (TPSA) is 34.1 Å². The highest BCUT2D eigenvalue weighted by molar-refractivity contribution is 14.0. The van der Waals surface area contributed by atoms with Gasteiger partial charge in [-0.3, -0.25) is 9.89 Å². The average molecular weight is 465 g/mol. The summed E-state index contributed by atoms with van der Waals surface area (Å²) in [7, 11) is 4.01. The Bertz CT molecular complexity index is 367. The molecule has 1 rings (SSSR count). The van der Waals surface area contributed by atoms with Crippen LogP contribution in [0.15, 0.2) is 17.6 Å². The van der Waals surface area contributed by atoms with Crippen molar-refractivity contribution in [2.45, 2.75) is 45.6 Å². The molecule has 0 aromatic carbocycles. The Balaban J connectivity index is 0.00000576. The summed E-state index contributed by atoms with van der Waals surface area (Å²) in [5.41, 5.74) is 0. The van der Waals surface area contributed by atoms with Crippen molar-refractivity contribution < 1.29 is 0 Å². The summed E-state index contributed by atoms with van der Waals surface area (Å²) in [4.78, 5) is 11.8. The summed E-state index contributed by atoms with van der Waals surface area (Å²) >= 11 is 0. The van der Waals surface area contributed by atoms with E-state index in [2.05, 4.69) is 52.5 Å². The van der Waals surface area contributed by atoms with Gasteiger partial charge in [0.05, 0.1) is 0 Å². The Morgan fingerprint density at radius 3 is 2.48 bits per heavy atom. The second kappa shape index (κ2) is 14.8. The minimum absolute atomic E-state index is 0. The van der Waals surface area contributed by atoms with Crippen LogP contribution in [-0.2, 0) is 0 Å². The standard InChI is InChI=1S/C19H39N5.HI/c1-6-8-9-10-11-12-22(5)19(20-4)21-17-18(3)24-15-13-23(7-2)14-16-24;/h6,18H,1,7-17H2,2-5H3,(H,20,21);1H. The minimum atomic E-state index is 0. The van der Waals surface area contributed by atoms with Crippen LogP contribution in [0.2, 0.25) is 0 Å². The van der Waals surface area contributed by atoms with E-state index in [9.17, 15) is 0 Å². The van der Waals surface area contributed by atoms with E-state index in [1.165, 1.54) is 52.0 Å². The molecule has 0 spiro atoms. The van der Waals surface area contributed by atoms with E-state index in [0.717, 1.165) is 25.5 Å². The van der Waals surface area contributed by atoms with Crippen molar-refractivity contribution >= 4 is 29.9 Å². The molecule has 0 bridgehead atoms. The molecule has 1 aliphatic heterocycles. The summed E-state index contributed by atoms with van der Waals surface area (Å²) in [5, 5.41) is 3.55. The maximum atomic E-state index is 4.43. The molecule has 148 valence electrons. The molecule has 0 amide bonds. The number of likely N-dealkylation sites (N-methyl/N-ethyl adjacent to an activating group) is 1. The van der Waals surface area contributed by atoms with Crippen molar-refractivity contribution in [3.05, 3.63) is 12.7 Å². The minimum Gasteiger partial charge on any atom is -0.355 e. The monoisotopic (exact) mass is 465 g/mol. The number of piperazine rings is 1. The van der Waals surface area contributed by atoms with Gasteiger partial charge in [-0.2, -0.15) is 0 Å². The molecular weight excluding hydrogens is 425 g/mol. The summed E-state index contributed by atoms with van der Waals surface area (Å²) in [5.74, 6) is 1.01. The van der Waals surface area contributed by atoms with Gasteiger partial charge in [0.25, 0.3) is 0 Å². The summed E-state index contributed by atoms with van der Waals surface area (Å²) in [6.07, 6.45) is 6.83. The van der Waals surface area contributed by atoms with Crippen LogP contribution in [0.25, 0.3) is 0 Å². The molecule has 1 aliphatic rings. The molecule has 0 saturated carbocycles. The molecule has 0 radical (unpaired) electrons. The molecule has 0 aromatic rings. The van der Waals surface area contributed by atoms with Crippen LogP contribution in [0.5, 0.6) is 0 Å². The maximum Gasteiger partial charge on any atom is 0.193 e. The van der Waals surface area contributed by atoms with Gasteiger partial charge in [-0.05, 0) is 32.7 Å². The van der Waals surface area contributed by atoms with E-state index in [1.54, 1.807) is 0 Å². The van der Waals surface area contributed by atoms with Crippen molar-refractivity contribution in [3.8, 4) is 0 Å². The molecule has 1 N–H and O–H groups in total. The molecule has 0 aromatic heterocycles. The zero-order valence-corrected chi connectivity index (χ0v) is 19.2. The number of aliphatic imine (C=N–C) groups is 1. The van der Waals surface area contributed by atoms with Crippen molar-refractivity contribution in [2.24, 2.45) is 4.99 Å². The first-order valence-electron chi connectivity index (χ1n) is 9.61. The molecular formula is C19H40IN5. The Hall–Kier alpha value is -0.340. The van der Waals surface area contributed by atoms with Gasteiger partial charge in [-0.1, -0.05) is 19.4 Å². The van der Waals surface area contributed by atoms with E-state index in [4.69, 9.17) is 0 Å². The number of rotatable bonds is 10. The van der Waals surface area contributed by atoms with E-state index in [0.29, 0.717) is 6.04 Å². The van der Waals surface area contributed by atoms with Gasteiger partial charge in [0.2, 0.25) is 0 Å². The van der Waals surface area contributed by atoms with E-state index >= 15 is 0 Å². The van der Waals surface area contributed by atoms with Crippen molar-refractivity contribution in [1.29, 1.82) is 0 Å². The Morgan fingerprint density at radius 2 is 1.92 bits per heavy atom. The number of hydrogen-bond donors (Lipinski definition) is 1. The number of allylic oxidation sites excluding steroid dienone is 1. The fourth-order valence-corrected chi connectivity index (χ4v) is 3.19. The number of guanidine groups is 1. The molecule has 1 saturated heterocycles. The van der Waals surface area contributed by atoms with E-state index in [1.807, 2.05) is 13.1 Å². The van der Waals surface area contributed by atoms with Gasteiger partial charge in [-0.15, -0.1) is 30.6 Å². The van der Waals surface area contributed by atoms with Crippen molar-refractivity contribution in [1.82, 2.24) is 20.0 Å². The third-order valence-corrected chi connectivity index (χ3v) is 5.01. The highest BCUT2D eigenvalue weighted by atomic mass is 127. The summed E-state index contributed by atoms with van der Waals surface area (Å²) in [6, 6.07) is 0.543. The van der Waals surface area contributed by atoms with Crippen molar-refractivity contribution in [2.75, 3.05) is 59.9 Å². The smallest absolute Gasteiger partial charge is 0.193 e. The van der Waals surface area contributed by atoms with E-state index < -0.39 is 0 Å². The molecule has 1 fully saturated rings. The Labute approximate surface area is 172 Å². The SMILES string of the molecule is C=CCCCCCN(C)C(=NC)NCC(C)N1CCN(CC)CC1.I. The van der Waals surface area contributed by atoms with Crippen LogP contribution in [0, 0.1) is 0 Å². The van der Waals surface area contributed by atoms with Gasteiger partial charge in [0.1, 0.15) is 0 Å². The highest BCUT2D eigenvalue weighted by Crippen LogP contribution is 2.06. The lowest BCUT2D eigenvalue weighted by Gasteiger charge is -2.38. The lowest BCUT2D eigenvalue weighted by molar-refractivity contribution is 0.107. The van der Waals surface area contributed by atoms with Gasteiger partial charge < -0.3 is 15.1 Å². The first kappa shape index (κ1) is 24.7. The molecule has 25 heavy (non-hydrogen) atoms. The van der Waals surface area contributed by atoms with Gasteiger partial charge >= 0.3 is 0 Å². The normalized spacial score (nSPS) is 17.7. The average Bonchev–Trinajstić information content (AvgIpc) is 2.62. The summed E-state index contributed by atoms with van der Waals surface area (Å²) in [6.45, 7) is 16.3. The molecule has 1 heterocycles. The fourth-order valence-electron chi connectivity index (χ4n) is 3.19. The van der Waals surface area contributed by atoms with Crippen LogP contribution in [0.4, 0.5) is 0 Å². The third kappa shape index (κ3) is 9.80. The van der Waals surface area contributed by atoms with E-state index in [-0.39, 0.29) is 24.0 Å². The quantitative estimate of drug-likeness (QED) is 0.177. The number of nitrogens with zero attached hydrogens (tertiary/aromatic N) is 4. The number of hydrogen-bond acceptors (Lipinski definition) is 3. The number of halogens is 1. The van der Waals surface area contributed by atoms with Gasteiger partial charge in [0, 0.05) is 59.4 Å². The largest absolute Gasteiger partial charge is 0.355 e. The molecule has 1 unspecified atom stereocenters. The molecule has 0 aliphatic carbocycles. The lowest BCUT2D eigenvalue weighted by atomic mass is 10.2. The summed E-state index contributed by atoms with van der Waals surface area (Å²) < 4.78 is 0.